The highest BCUT2D eigenvalue weighted by molar-refractivity contribution is 5.81. The van der Waals surface area contributed by atoms with Crippen LogP contribution in [-0.4, -0.2) is 41.6 Å². The molecule has 1 N–H and O–H groups in total. The highest BCUT2D eigenvalue weighted by Gasteiger charge is 2.32. The molecule has 0 amide bonds. The lowest BCUT2D eigenvalue weighted by Crippen LogP contribution is -2.07. The summed E-state index contributed by atoms with van der Waals surface area (Å²) >= 11 is 0. The monoisotopic (exact) mass is 515 g/mol. The Morgan fingerprint density at radius 1 is 1.16 bits per heavy atom. The molecule has 6 rings (SSSR count). The lowest BCUT2D eigenvalue weighted by Gasteiger charge is -2.11. The second kappa shape index (κ2) is 8.97. The molecule has 4 aromatic heterocycles. The van der Waals surface area contributed by atoms with Crippen LogP contribution in [0.5, 0.6) is 5.88 Å². The van der Waals surface area contributed by atoms with Crippen LogP contribution in [0.1, 0.15) is 53.8 Å². The summed E-state index contributed by atoms with van der Waals surface area (Å²) in [4.78, 5) is 25.8. The number of alkyl halides is 2. The second-order valence-electron chi connectivity index (χ2n) is 9.96. The van der Waals surface area contributed by atoms with E-state index >= 15 is 0 Å². The normalized spacial score (nSPS) is 13.8. The molecule has 38 heavy (non-hydrogen) atoms. The van der Waals surface area contributed by atoms with Gasteiger partial charge in [0.1, 0.15) is 23.4 Å². The molecule has 0 aliphatic heterocycles. The summed E-state index contributed by atoms with van der Waals surface area (Å²) in [5.74, 6) is -1.08. The first kappa shape index (κ1) is 24.1. The molecule has 8 nitrogen and oxygen atoms in total. The van der Waals surface area contributed by atoms with E-state index in [1.165, 1.54) is 12.5 Å². The maximum atomic E-state index is 13.8. The molecular formula is C28H27F2N7O. The Hall–Kier alpha value is -4.21. The van der Waals surface area contributed by atoms with Gasteiger partial charge in [-0.2, -0.15) is 8.78 Å². The molecule has 194 valence electrons. The molecule has 1 fully saturated rings. The van der Waals surface area contributed by atoms with Crippen LogP contribution < -0.4 is 4.74 Å². The average molecular weight is 516 g/mol. The first-order valence-electron chi connectivity index (χ1n) is 12.5. The van der Waals surface area contributed by atoms with Crippen molar-refractivity contribution in [3.05, 3.63) is 71.2 Å². The van der Waals surface area contributed by atoms with Crippen molar-refractivity contribution in [2.75, 3.05) is 7.11 Å². The Morgan fingerprint density at radius 3 is 2.66 bits per heavy atom. The molecular weight excluding hydrogens is 488 g/mol. The smallest absolute Gasteiger partial charge is 0.288 e. The number of benzene rings is 1. The van der Waals surface area contributed by atoms with E-state index in [2.05, 4.69) is 31.0 Å². The highest BCUT2D eigenvalue weighted by Crippen LogP contribution is 2.45. The van der Waals surface area contributed by atoms with Crippen LogP contribution in [-0.2, 0) is 19.4 Å². The number of nitrogens with zero attached hydrogens (tertiary/aromatic N) is 6. The average Bonchev–Trinajstić information content (AvgIpc) is 3.56. The number of halogens is 2. The Balaban J connectivity index is 1.34. The van der Waals surface area contributed by atoms with Crippen molar-refractivity contribution >= 4 is 11.0 Å². The van der Waals surface area contributed by atoms with Crippen molar-refractivity contribution in [1.29, 1.82) is 0 Å². The van der Waals surface area contributed by atoms with Gasteiger partial charge in [0.15, 0.2) is 5.82 Å². The predicted octanol–water partition coefficient (Wildman–Crippen LogP) is 5.71. The van der Waals surface area contributed by atoms with Crippen molar-refractivity contribution in [2.45, 2.75) is 45.0 Å². The maximum Gasteiger partial charge on any atom is 0.288 e. The fourth-order valence-corrected chi connectivity index (χ4v) is 4.87. The van der Waals surface area contributed by atoms with Gasteiger partial charge < -0.3 is 14.3 Å². The zero-order chi connectivity index (χ0) is 26.6. The van der Waals surface area contributed by atoms with Gasteiger partial charge in [-0.3, -0.25) is 0 Å². The van der Waals surface area contributed by atoms with Crippen LogP contribution in [0.25, 0.3) is 33.8 Å². The number of imidazole rings is 1. The van der Waals surface area contributed by atoms with Crippen LogP contribution in [0.2, 0.25) is 0 Å². The molecule has 10 heteroatoms. The number of aryl methyl sites for hydroxylation is 2. The predicted molar refractivity (Wildman–Crippen MR) is 139 cm³/mol. The Labute approximate surface area is 218 Å². The van der Waals surface area contributed by atoms with Crippen molar-refractivity contribution in [1.82, 2.24) is 34.5 Å². The molecule has 5 aromatic rings. The largest absolute Gasteiger partial charge is 0.480 e. The standard InChI is InChI=1S/C28H27F2N7O/c1-15-9-16(5-8-19(15)26-35-21(13-37(26)3)28(2,29)30)10-18-11-31-20-12-32-25(36-23(18)20)22-24(17-6-7-17)33-14-34-27(22)38-4/h5,8-9,11-14,17,31H,6-7,10H2,1-4H3. The third-order valence-corrected chi connectivity index (χ3v) is 6.97. The van der Waals surface area contributed by atoms with Crippen LogP contribution in [0, 0.1) is 6.92 Å². The minimum atomic E-state index is -2.99. The minimum Gasteiger partial charge on any atom is -0.480 e. The number of aromatic nitrogens is 7. The van der Waals surface area contributed by atoms with Gasteiger partial charge in [0.2, 0.25) is 5.88 Å². The van der Waals surface area contributed by atoms with E-state index in [-0.39, 0.29) is 5.69 Å². The van der Waals surface area contributed by atoms with Gasteiger partial charge in [0, 0.05) is 49.8 Å². The molecule has 0 bridgehead atoms. The number of nitrogens with one attached hydrogen (secondary N) is 1. The Kier molecular flexibility index (Phi) is 5.70. The summed E-state index contributed by atoms with van der Waals surface area (Å²) in [5, 5.41) is 0. The summed E-state index contributed by atoms with van der Waals surface area (Å²) in [6.45, 7) is 2.83. The quantitative estimate of drug-likeness (QED) is 0.298. The number of aromatic amines is 1. The Morgan fingerprint density at radius 2 is 1.97 bits per heavy atom. The fraction of sp³-hybridized carbons (Fsp3) is 0.321. The minimum absolute atomic E-state index is 0.238. The third-order valence-electron chi connectivity index (χ3n) is 6.97. The van der Waals surface area contributed by atoms with Gasteiger partial charge in [0.05, 0.1) is 30.0 Å². The van der Waals surface area contributed by atoms with E-state index in [4.69, 9.17) is 9.72 Å². The molecule has 0 radical (unpaired) electrons. The van der Waals surface area contributed by atoms with E-state index in [0.717, 1.165) is 64.3 Å². The van der Waals surface area contributed by atoms with Crippen molar-refractivity contribution in [3.63, 3.8) is 0 Å². The SMILES string of the molecule is COc1ncnc(C2CC2)c1-c1ncc2[nH]cc(Cc3ccc(-c4nc(C(C)(F)F)cn4C)c(C)c3)c2n1. The lowest BCUT2D eigenvalue weighted by atomic mass is 10.00. The molecule has 1 aliphatic rings. The number of hydrogen-bond donors (Lipinski definition) is 1. The van der Waals surface area contributed by atoms with Crippen molar-refractivity contribution < 1.29 is 13.5 Å². The van der Waals surface area contributed by atoms with Gasteiger partial charge in [-0.1, -0.05) is 18.2 Å². The zero-order valence-corrected chi connectivity index (χ0v) is 21.6. The first-order valence-corrected chi connectivity index (χ1v) is 12.5. The first-order chi connectivity index (χ1) is 18.2. The Bertz CT molecular complexity index is 1660. The molecule has 0 unspecified atom stereocenters. The number of hydrogen-bond acceptors (Lipinski definition) is 6. The van der Waals surface area contributed by atoms with E-state index < -0.39 is 5.92 Å². The number of fused-ring (bicyclic) bond motifs is 1. The summed E-state index contributed by atoms with van der Waals surface area (Å²) in [6, 6.07) is 6.00. The summed E-state index contributed by atoms with van der Waals surface area (Å²) in [6.07, 6.45) is 9.44. The molecule has 1 aliphatic carbocycles. The summed E-state index contributed by atoms with van der Waals surface area (Å²) in [7, 11) is 3.32. The topological polar surface area (TPSA) is 94.4 Å². The van der Waals surface area contributed by atoms with Crippen LogP contribution in [0.3, 0.4) is 0 Å². The molecule has 0 atom stereocenters. The molecule has 4 heterocycles. The fourth-order valence-electron chi connectivity index (χ4n) is 4.87. The lowest BCUT2D eigenvalue weighted by molar-refractivity contribution is 0.0131. The van der Waals surface area contributed by atoms with Crippen LogP contribution >= 0.6 is 0 Å². The van der Waals surface area contributed by atoms with E-state index in [1.807, 2.05) is 25.3 Å². The van der Waals surface area contributed by atoms with Gasteiger partial charge in [0.25, 0.3) is 5.92 Å². The third kappa shape index (κ3) is 4.29. The zero-order valence-electron chi connectivity index (χ0n) is 21.6. The molecule has 1 aromatic carbocycles. The van der Waals surface area contributed by atoms with Gasteiger partial charge in [-0.15, -0.1) is 0 Å². The maximum absolute atomic E-state index is 13.8. The van der Waals surface area contributed by atoms with Gasteiger partial charge in [-0.05, 0) is 30.9 Å². The number of methoxy groups -OCH3 is 1. The van der Waals surface area contributed by atoms with Crippen LogP contribution in [0.4, 0.5) is 8.78 Å². The molecule has 1 saturated carbocycles. The van der Waals surface area contributed by atoms with Crippen molar-refractivity contribution in [2.24, 2.45) is 7.05 Å². The van der Waals surface area contributed by atoms with E-state index in [1.54, 1.807) is 24.9 Å². The molecule has 0 spiro atoms. The number of rotatable bonds is 7. The van der Waals surface area contributed by atoms with E-state index in [9.17, 15) is 8.78 Å². The van der Waals surface area contributed by atoms with E-state index in [0.29, 0.717) is 29.9 Å². The van der Waals surface area contributed by atoms with Crippen molar-refractivity contribution in [3.8, 4) is 28.7 Å². The van der Waals surface area contributed by atoms with Gasteiger partial charge in [-0.25, -0.2) is 24.9 Å². The number of H-pyrrole nitrogens is 1. The number of ether oxygens (including phenoxy) is 1. The van der Waals surface area contributed by atoms with Crippen LogP contribution in [0.15, 0.2) is 43.1 Å². The highest BCUT2D eigenvalue weighted by atomic mass is 19.3. The summed E-state index contributed by atoms with van der Waals surface area (Å²) < 4.78 is 34.8. The summed E-state index contributed by atoms with van der Waals surface area (Å²) in [5.41, 5.74) is 6.96. The molecule has 0 saturated heterocycles. The second-order valence-corrected chi connectivity index (χ2v) is 9.96. The van der Waals surface area contributed by atoms with Gasteiger partial charge >= 0.3 is 0 Å².